The van der Waals surface area contributed by atoms with Crippen molar-refractivity contribution in [2.45, 2.75) is 221 Å². The van der Waals surface area contributed by atoms with Gasteiger partial charge in [0, 0.05) is 87.7 Å². The lowest BCUT2D eigenvalue weighted by molar-refractivity contribution is -0.162. The molecule has 0 bridgehead atoms. The molecule has 5 aromatic rings. The van der Waals surface area contributed by atoms with Crippen LogP contribution in [-0.2, 0) is 79.2 Å². The van der Waals surface area contributed by atoms with Crippen molar-refractivity contribution < 1.29 is 67.1 Å². The van der Waals surface area contributed by atoms with Crippen LogP contribution in [-0.4, -0.2) is 163 Å². The van der Waals surface area contributed by atoms with Gasteiger partial charge in [0.1, 0.15) is 46.9 Å². The molecule has 0 fully saturated rings. The molecule has 0 N–H and O–H groups in total. The number of benzene rings is 5. The van der Waals surface area contributed by atoms with Crippen molar-refractivity contribution in [2.75, 3.05) is 91.4 Å². The highest BCUT2D eigenvalue weighted by atomic mass is 32.2. The normalized spacial score (nSPS) is 12.3. The number of rotatable bonds is 52. The monoisotopic (exact) mass is 1940 g/mol. The Morgan fingerprint density at radius 2 is 0.801 bits per heavy atom. The Bertz CT molecular complexity index is 5360. The van der Waals surface area contributed by atoms with Crippen molar-refractivity contribution in [2.24, 2.45) is 10.8 Å². The molecule has 1 atom stereocenters. The summed E-state index contributed by atoms with van der Waals surface area (Å²) in [6.45, 7) is 32.7. The smallest absolute Gasteiger partial charge is 0.350 e. The Balaban J connectivity index is 0.00000165. The van der Waals surface area contributed by atoms with Crippen molar-refractivity contribution in [3.05, 3.63) is 298 Å². The lowest BCUT2D eigenvalue weighted by Gasteiger charge is -2.33. The highest BCUT2D eigenvalue weighted by Crippen LogP contribution is 2.39. The number of carbonyl (C=O) groups is 4. The Kier molecular flexibility index (Phi) is 65.0. The molecule has 5 rings (SSSR count). The summed E-state index contributed by atoms with van der Waals surface area (Å²) in [5.41, 5.74) is 0.384. The van der Waals surface area contributed by atoms with Gasteiger partial charge in [0.25, 0.3) is 0 Å². The number of Topliss-reactive ketones (excluding diaryl/α,β-unsaturated/α-hetero) is 1. The molecule has 0 aromatic heterocycles. The summed E-state index contributed by atoms with van der Waals surface area (Å²) in [4.78, 5) is 60.3. The number of hydrogen-bond donors (Lipinski definition) is 0. The molecule has 136 heavy (non-hydrogen) atoms. The summed E-state index contributed by atoms with van der Waals surface area (Å²) < 4.78 is 114. The van der Waals surface area contributed by atoms with E-state index < -0.39 is 78.8 Å². The minimum absolute atomic E-state index is 0.0164. The fourth-order valence-corrected chi connectivity index (χ4v) is 16.9. The molecule has 24 nitrogen and oxygen atoms in total. The lowest BCUT2D eigenvalue weighted by Crippen LogP contribution is -2.39. The maximum absolute atomic E-state index is 13.0. The van der Waals surface area contributed by atoms with Crippen LogP contribution in [0.3, 0.4) is 0 Å². The minimum Gasteiger partial charge on any atom is -0.469 e. The number of para-hydroxylation sites is 1. The molecule has 0 aliphatic rings. The Hall–Kier alpha value is -12.2. The zero-order valence-corrected chi connectivity index (χ0v) is 86.8. The first kappa shape index (κ1) is 124. The summed E-state index contributed by atoms with van der Waals surface area (Å²) >= 11 is 0. The number of esters is 3. The molecule has 28 heteroatoms. The SMILES string of the molecule is CCCCCCCC=CC=C(C)S(=O)(=O)c1ccccc1.CCCCCCN(C=CC=C(C#N)C#N)CCCCCC.CCN(C=CC=C(C(=O)Cc1ccccc1)S(C)(=O)=O)CC.CCN(C=CC=C(C)S(=O)(=O)c1ccccc1)CC.CCOC(=O)C(=CC=CN(C)CCOC(=O)C(C)(CC)CC(C)(C)C(=O)OC)S(=O)(=O)c1ccccc1.CN(C=CC=C(C#N)C#N)c1ccccc1. The molecule has 5 aromatic carbocycles. The van der Waals surface area contributed by atoms with Gasteiger partial charge in [-0.3, -0.25) is 14.4 Å². The van der Waals surface area contributed by atoms with Gasteiger partial charge in [-0.05, 0) is 253 Å². The van der Waals surface area contributed by atoms with Crippen LogP contribution < -0.4 is 4.90 Å². The average Bonchev–Trinajstić information content (AvgIpc) is 0.803. The molecule has 0 amide bonds. The number of sulfone groups is 4. The summed E-state index contributed by atoms with van der Waals surface area (Å²) in [7, 11) is -9.39. The molecule has 0 aliphatic heterocycles. The van der Waals surface area contributed by atoms with Gasteiger partial charge in [-0.25, -0.2) is 38.5 Å². The van der Waals surface area contributed by atoms with Crippen molar-refractivity contribution in [1.82, 2.24) is 19.6 Å². The molecular formula is C108H149N9O15S4. The number of allylic oxidation sites excluding steroid dienone is 18. The number of carbonyl (C=O) groups excluding carboxylic acids is 4. The Morgan fingerprint density at radius 3 is 1.22 bits per heavy atom. The second-order valence-corrected chi connectivity index (χ2v) is 40.4. The van der Waals surface area contributed by atoms with Crippen LogP contribution in [0.5, 0.6) is 0 Å². The van der Waals surface area contributed by atoms with Gasteiger partial charge >= 0.3 is 17.9 Å². The predicted molar refractivity (Wildman–Crippen MR) is 551 cm³/mol. The quantitative estimate of drug-likeness (QED) is 0.00871. The van der Waals surface area contributed by atoms with Crippen LogP contribution in [0.1, 0.15) is 205 Å². The summed E-state index contributed by atoms with van der Waals surface area (Å²) in [5.74, 6) is -2.14. The Labute approximate surface area is 816 Å². The van der Waals surface area contributed by atoms with E-state index in [1.807, 2.05) is 141 Å². The molecule has 0 saturated carbocycles. The van der Waals surface area contributed by atoms with Crippen molar-refractivity contribution in [1.29, 1.82) is 21.0 Å². The molecule has 0 spiro atoms. The van der Waals surface area contributed by atoms with Gasteiger partial charge < -0.3 is 38.7 Å². The summed E-state index contributed by atoms with van der Waals surface area (Å²) in [5, 5.41) is 34.4. The van der Waals surface area contributed by atoms with Gasteiger partial charge in [-0.15, -0.1) is 0 Å². The molecule has 1 unspecified atom stereocenters. The Morgan fingerprint density at radius 1 is 0.419 bits per heavy atom. The number of likely N-dealkylation sites (N-methyl/N-ethyl adjacent to an activating group) is 1. The van der Waals surface area contributed by atoms with Gasteiger partial charge in [0.15, 0.2) is 20.5 Å². The third-order valence-electron chi connectivity index (χ3n) is 20.9. The zero-order valence-electron chi connectivity index (χ0n) is 83.5. The second kappa shape index (κ2) is 71.4. The van der Waals surface area contributed by atoms with E-state index in [1.54, 1.807) is 193 Å². The highest BCUT2D eigenvalue weighted by Gasteiger charge is 2.43. The van der Waals surface area contributed by atoms with E-state index in [2.05, 4.69) is 50.5 Å². The first-order chi connectivity index (χ1) is 64.8. The number of hydrogen-bond acceptors (Lipinski definition) is 24. The number of methoxy groups -OCH3 is 1. The van der Waals surface area contributed by atoms with Crippen molar-refractivity contribution in [3.8, 4) is 24.3 Å². The minimum atomic E-state index is -4.08. The summed E-state index contributed by atoms with van der Waals surface area (Å²) in [6.07, 6.45) is 49.5. The fraction of sp³-hybridized carbons (Fsp3) is 0.426. The lowest BCUT2D eigenvalue weighted by atomic mass is 9.72. The second-order valence-electron chi connectivity index (χ2n) is 32.2. The number of ether oxygens (including phenoxy) is 3. The molecule has 0 heterocycles. The highest BCUT2D eigenvalue weighted by molar-refractivity contribution is 7.96. The molecular weight excluding hydrogens is 1790 g/mol. The van der Waals surface area contributed by atoms with Crippen LogP contribution in [0.4, 0.5) is 5.69 Å². The number of nitrogens with zero attached hydrogens (tertiary/aromatic N) is 9. The average molecular weight is 1940 g/mol. The largest absolute Gasteiger partial charge is 0.469 e. The van der Waals surface area contributed by atoms with E-state index in [9.17, 15) is 52.8 Å². The number of anilines is 1. The molecule has 0 saturated heterocycles. The topological polar surface area (TPSA) is 344 Å². The first-order valence-corrected chi connectivity index (χ1v) is 52.8. The maximum atomic E-state index is 13.0. The molecule has 740 valence electrons. The van der Waals surface area contributed by atoms with Crippen LogP contribution >= 0.6 is 0 Å². The van der Waals surface area contributed by atoms with E-state index in [0.29, 0.717) is 32.6 Å². The van der Waals surface area contributed by atoms with Gasteiger partial charge in [0.2, 0.25) is 29.5 Å². The third-order valence-corrected chi connectivity index (χ3v) is 27.6. The fourth-order valence-electron chi connectivity index (χ4n) is 12.5. The first-order valence-electron chi connectivity index (χ1n) is 46.4. The number of ketones is 1. The van der Waals surface area contributed by atoms with Gasteiger partial charge in [-0.2, -0.15) is 21.0 Å². The van der Waals surface area contributed by atoms with E-state index in [0.717, 1.165) is 63.2 Å². The van der Waals surface area contributed by atoms with Crippen LogP contribution in [0.2, 0.25) is 0 Å². The van der Waals surface area contributed by atoms with E-state index in [1.165, 1.54) is 127 Å². The van der Waals surface area contributed by atoms with Crippen molar-refractivity contribution >= 4 is 68.7 Å². The van der Waals surface area contributed by atoms with Gasteiger partial charge in [-0.1, -0.05) is 207 Å². The molecule has 0 aliphatic carbocycles. The zero-order chi connectivity index (χ0) is 102. The predicted octanol–water partition coefficient (Wildman–Crippen LogP) is 22.5. The maximum Gasteiger partial charge on any atom is 0.350 e. The van der Waals surface area contributed by atoms with E-state index in [4.69, 9.17) is 35.3 Å². The standard InChI is InChI=1S/C27H39NO8S.C18H29N3.C18H26O2S.C17H23NO3S.C15H21NO2S.C13H11N3/c1-8-27(5,20-26(3,4)24(30)34-7)25(31)36-19-18-28(6)17-13-16-22(23(29)35-9-2)37(32,33)21-14-11-10-12-15-21;1-3-5-7-9-13-21(14-10-8-6-4-2)15-11-12-18(16-19)17-20;1-3-4-5-6-7-8-9-11-14-17(2)21(19,20)18-15-12-10-13-16-18;1-4-18(5-2)13-9-12-17(22(3,20)21)16(19)14-15-10-7-6-8-11-15;1-4-16(5-2)13-9-10-14(3)19(17,18)15-11-7-6-8-12-15;1-16(13-7-3-2-4-8-13)9-5-6-12(10-14)11-15/h10-17H,8-9,18-20H2,1-7H3;11-12,15H,3-10,13-14H2,1-2H3;9-16H,3-8H2,1-2H3;6-13H,4-5,14H2,1-3H3;6-13H,4-5H2,1-3H3;2-9H,1H3. The molecule has 0 radical (unpaired) electrons. The number of unbranched alkanes of at least 4 members (excludes halogenated alkanes) is 11. The number of nitriles is 4. The van der Waals surface area contributed by atoms with E-state index >= 15 is 0 Å². The van der Waals surface area contributed by atoms with E-state index in [-0.39, 0.29) is 47.0 Å². The summed E-state index contributed by atoms with van der Waals surface area (Å²) in [6, 6.07) is 50.9. The third kappa shape index (κ3) is 51.5. The van der Waals surface area contributed by atoms with Crippen molar-refractivity contribution in [3.63, 3.8) is 0 Å². The van der Waals surface area contributed by atoms with Gasteiger partial charge in [0.05, 0.1) is 45.8 Å². The van der Waals surface area contributed by atoms with Crippen LogP contribution in [0.25, 0.3) is 0 Å². The van der Waals surface area contributed by atoms with Crippen LogP contribution in [0.15, 0.2) is 307 Å². The van der Waals surface area contributed by atoms with Crippen LogP contribution in [0, 0.1) is 56.2 Å².